The molecule has 2 heterocycles. The Morgan fingerprint density at radius 1 is 1.38 bits per heavy atom. The van der Waals surface area contributed by atoms with Crippen molar-refractivity contribution in [1.29, 1.82) is 0 Å². The number of rotatable bonds is 1. The summed E-state index contributed by atoms with van der Waals surface area (Å²) in [5.74, 6) is 3.75. The lowest BCUT2D eigenvalue weighted by molar-refractivity contribution is 0.102. The number of fused-ring (bicyclic) bond motifs is 1. The van der Waals surface area contributed by atoms with Crippen molar-refractivity contribution in [1.82, 2.24) is 0 Å². The maximum atomic E-state index is 2.66. The summed E-state index contributed by atoms with van der Waals surface area (Å²) in [6.45, 7) is 0. The summed E-state index contributed by atoms with van der Waals surface area (Å²) in [5.41, 5.74) is 0.860. The zero-order chi connectivity index (χ0) is 8.47. The summed E-state index contributed by atoms with van der Waals surface area (Å²) in [6.07, 6.45) is 9.31. The smallest absolute Gasteiger partial charge is 0.0245 e. The van der Waals surface area contributed by atoms with Crippen molar-refractivity contribution in [2.24, 2.45) is 17.3 Å². The van der Waals surface area contributed by atoms with Crippen LogP contribution in [0.25, 0.3) is 0 Å². The zero-order valence-corrected chi connectivity index (χ0v) is 8.91. The summed E-state index contributed by atoms with van der Waals surface area (Å²) in [6, 6.07) is 0. The molecule has 13 heavy (non-hydrogen) atoms. The van der Waals surface area contributed by atoms with Gasteiger partial charge in [0.2, 0.25) is 0 Å². The minimum Gasteiger partial charge on any atom is -0.475 e. The normalized spacial score (nSPS) is 52.5. The molecule has 3 aliphatic carbocycles. The van der Waals surface area contributed by atoms with E-state index in [9.17, 15) is 0 Å². The fourth-order valence-electron chi connectivity index (χ4n) is 4.27. The molecule has 5 rings (SSSR count). The van der Waals surface area contributed by atoms with Gasteiger partial charge in [0.25, 0.3) is 0 Å². The highest BCUT2D eigenvalue weighted by molar-refractivity contribution is 7.97. The first-order valence-electron chi connectivity index (χ1n) is 5.76. The average Bonchev–Trinajstić information content (AvgIpc) is 2.60. The second-order valence-corrected chi connectivity index (χ2v) is 7.60. The largest absolute Gasteiger partial charge is 0.475 e. The maximum Gasteiger partial charge on any atom is -0.0245 e. The molecule has 1 atom stereocenters. The van der Waals surface area contributed by atoms with Crippen LogP contribution in [0.5, 0.6) is 0 Å². The van der Waals surface area contributed by atoms with Gasteiger partial charge in [-0.1, -0.05) is 12.8 Å². The van der Waals surface area contributed by atoms with E-state index in [4.69, 9.17) is 0 Å². The Bertz CT molecular complexity index is 346. The molecule has 1 heteroatoms. The first-order valence-corrected chi connectivity index (χ1v) is 7.22. The van der Waals surface area contributed by atoms with Crippen LogP contribution in [0.1, 0.15) is 38.5 Å². The first-order chi connectivity index (χ1) is 6.37. The van der Waals surface area contributed by atoms with Crippen molar-refractivity contribution in [2.45, 2.75) is 38.5 Å². The molecule has 0 aromatic rings. The van der Waals surface area contributed by atoms with E-state index < -0.39 is 0 Å². The summed E-state index contributed by atoms with van der Waals surface area (Å²) in [4.78, 5) is 2.00. The van der Waals surface area contributed by atoms with E-state index in [2.05, 4.69) is 5.37 Å². The van der Waals surface area contributed by atoms with Crippen LogP contribution in [0.3, 0.4) is 0 Å². The van der Waals surface area contributed by atoms with Crippen LogP contribution in [-0.4, -0.2) is 16.0 Å². The molecule has 72 valence electrons. The van der Waals surface area contributed by atoms with E-state index in [0.717, 1.165) is 27.3 Å². The van der Waals surface area contributed by atoms with Crippen LogP contribution in [0.4, 0.5) is 0 Å². The molecule has 0 radical (unpaired) electrons. The van der Waals surface area contributed by atoms with Gasteiger partial charge < -0.3 is 10.1 Å². The van der Waals surface area contributed by atoms with Gasteiger partial charge in [0, 0.05) is 0 Å². The lowest BCUT2D eigenvalue weighted by Gasteiger charge is -2.49. The van der Waals surface area contributed by atoms with Gasteiger partial charge in [-0.2, -0.15) is 4.86 Å². The Labute approximate surface area is 82.2 Å². The standard InChI is InChI=1S/C12H17S/c1-4-12(7-9(1)8-12)10-2-5-13-6-3-11(10)13/h5,9-10H,1-4,6-8H2/q-1. The maximum absolute atomic E-state index is 2.66. The minimum atomic E-state index is 0.727. The van der Waals surface area contributed by atoms with Crippen LogP contribution in [0.2, 0.25) is 0 Å². The highest BCUT2D eigenvalue weighted by Crippen LogP contribution is 2.64. The van der Waals surface area contributed by atoms with Gasteiger partial charge in [-0.3, -0.25) is 0 Å². The molecule has 0 aromatic heterocycles. The molecule has 0 saturated heterocycles. The van der Waals surface area contributed by atoms with Crippen LogP contribution < -0.4 is 0 Å². The van der Waals surface area contributed by atoms with Gasteiger partial charge in [0.05, 0.1) is 0 Å². The molecule has 0 spiro atoms. The monoisotopic (exact) mass is 193 g/mol. The first kappa shape index (κ1) is 7.39. The highest BCUT2D eigenvalue weighted by Gasteiger charge is 2.54. The third kappa shape index (κ3) is 0.766. The summed E-state index contributed by atoms with van der Waals surface area (Å²) in [5, 5.41) is 2.66. The van der Waals surface area contributed by atoms with E-state index >= 15 is 0 Å². The van der Waals surface area contributed by atoms with Crippen LogP contribution in [0.15, 0.2) is 0 Å². The lowest BCUT2D eigenvalue weighted by atomic mass is 9.60. The predicted octanol–water partition coefficient (Wildman–Crippen LogP) is 2.19. The van der Waals surface area contributed by atoms with E-state index in [-0.39, 0.29) is 0 Å². The molecular formula is C12H17S-. The van der Waals surface area contributed by atoms with Crippen LogP contribution >= 0.6 is 0 Å². The molecule has 2 bridgehead atoms. The van der Waals surface area contributed by atoms with E-state index in [1.165, 1.54) is 18.6 Å². The Morgan fingerprint density at radius 2 is 2.31 bits per heavy atom. The van der Waals surface area contributed by atoms with Gasteiger partial charge in [-0.25, -0.2) is 5.37 Å². The molecule has 3 fully saturated rings. The van der Waals surface area contributed by atoms with Crippen molar-refractivity contribution < 1.29 is 0 Å². The second kappa shape index (κ2) is 2.18. The molecule has 3 saturated carbocycles. The van der Waals surface area contributed by atoms with Gasteiger partial charge >= 0.3 is 0 Å². The van der Waals surface area contributed by atoms with Crippen molar-refractivity contribution in [3.63, 3.8) is 0 Å². The second-order valence-electron chi connectivity index (χ2n) is 5.48. The Kier molecular flexibility index (Phi) is 1.24. The van der Waals surface area contributed by atoms with E-state index in [1.54, 1.807) is 25.7 Å². The van der Waals surface area contributed by atoms with Crippen molar-refractivity contribution >= 4 is 20.3 Å². The third-order valence-corrected chi connectivity index (χ3v) is 7.41. The molecular weight excluding hydrogens is 176 g/mol. The van der Waals surface area contributed by atoms with Crippen molar-refractivity contribution in [3.8, 4) is 0 Å². The Hall–Kier alpha value is 0.0900. The quantitative estimate of drug-likeness (QED) is 0.442. The predicted molar refractivity (Wildman–Crippen MR) is 60.4 cm³/mol. The van der Waals surface area contributed by atoms with Crippen molar-refractivity contribution in [3.05, 3.63) is 0 Å². The molecule has 0 nitrogen and oxygen atoms in total. The highest BCUT2D eigenvalue weighted by atomic mass is 32.2. The van der Waals surface area contributed by atoms with E-state index in [0.29, 0.717) is 0 Å². The SMILES string of the molecule is C1=[S-]2=C(CC2)C(C23CCC(C2)C3)C1. The fourth-order valence-corrected chi connectivity index (χ4v) is 6.46. The molecule has 0 aromatic carbocycles. The molecule has 0 amide bonds. The third-order valence-electron chi connectivity index (χ3n) is 5.01. The summed E-state index contributed by atoms with van der Waals surface area (Å²) in [7, 11) is 0.727. The number of hydrogen-bond acceptors (Lipinski definition) is 1. The fraction of sp³-hybridized carbons (Fsp3) is 0.833. The topological polar surface area (TPSA) is 0 Å². The van der Waals surface area contributed by atoms with Gasteiger partial charge in [-0.15, -0.1) is 5.75 Å². The van der Waals surface area contributed by atoms with Crippen LogP contribution in [0, 0.1) is 17.3 Å². The summed E-state index contributed by atoms with van der Waals surface area (Å²) >= 11 is 0. The zero-order valence-electron chi connectivity index (χ0n) is 8.09. The molecule has 1 unspecified atom stereocenters. The Balaban J connectivity index is 1.71. The van der Waals surface area contributed by atoms with Gasteiger partial charge in [-0.05, 0) is 42.9 Å². The van der Waals surface area contributed by atoms with E-state index in [1.807, 2.05) is 4.86 Å². The minimum absolute atomic E-state index is 0.727. The number of hydrogen-bond donors (Lipinski definition) is 0. The lowest BCUT2D eigenvalue weighted by Crippen LogP contribution is -2.41. The van der Waals surface area contributed by atoms with Crippen molar-refractivity contribution in [2.75, 3.05) is 5.75 Å². The van der Waals surface area contributed by atoms with Crippen LogP contribution in [-0.2, 0) is 10.1 Å². The molecule has 5 aliphatic rings. The molecule has 2 aliphatic heterocycles. The Morgan fingerprint density at radius 3 is 2.85 bits per heavy atom. The van der Waals surface area contributed by atoms with Gasteiger partial charge in [0.15, 0.2) is 0 Å². The van der Waals surface area contributed by atoms with Gasteiger partial charge in [0.1, 0.15) is 0 Å². The average molecular weight is 193 g/mol. The molecule has 0 N–H and O–H groups in total. The summed E-state index contributed by atoms with van der Waals surface area (Å²) < 4.78 is 0.